The van der Waals surface area contributed by atoms with Crippen molar-refractivity contribution in [2.24, 2.45) is 5.92 Å². The fourth-order valence-electron chi connectivity index (χ4n) is 5.59. The average molecular weight is 535 g/mol. The van der Waals surface area contributed by atoms with Crippen LogP contribution < -0.4 is 4.90 Å². The highest BCUT2D eigenvalue weighted by molar-refractivity contribution is 7.85. The van der Waals surface area contributed by atoms with Crippen LogP contribution in [0.1, 0.15) is 44.7 Å². The summed E-state index contributed by atoms with van der Waals surface area (Å²) in [5, 5.41) is 0. The standard InChI is InChI=1S/C33H30N2O3S/c36-32(34-19-17-25(18-20-34)21-24-9-3-1-4-10-24)27-15-16-31-29(22-27)35(23-26-11-5-2-6-12-26)33(37)28-13-7-8-14-30(28)39(31)38/h1-16,22,25H,17-21,23H2. The Balaban J connectivity index is 1.28. The Labute approximate surface area is 231 Å². The molecule has 0 radical (unpaired) electrons. The van der Waals surface area contributed by atoms with Crippen molar-refractivity contribution in [1.82, 2.24) is 4.90 Å². The number of likely N-dealkylation sites (tertiary alicyclic amines) is 1. The molecule has 0 spiro atoms. The Bertz CT molecular complexity index is 1530. The van der Waals surface area contributed by atoms with Crippen molar-refractivity contribution < 1.29 is 13.8 Å². The van der Waals surface area contributed by atoms with Crippen LogP contribution in [-0.2, 0) is 23.8 Å². The molecule has 0 N–H and O–H groups in total. The number of rotatable bonds is 5. The third kappa shape index (κ3) is 5.17. The minimum absolute atomic E-state index is 0.0457. The van der Waals surface area contributed by atoms with Crippen LogP contribution in [0.15, 0.2) is 113 Å². The molecule has 1 unspecified atom stereocenters. The number of benzene rings is 4. The molecule has 196 valence electrons. The van der Waals surface area contributed by atoms with Gasteiger partial charge in [0.15, 0.2) is 0 Å². The molecule has 4 aromatic carbocycles. The number of nitrogens with zero attached hydrogens (tertiary/aromatic N) is 2. The predicted octanol–water partition coefficient (Wildman–Crippen LogP) is 6.11. The Hall–Kier alpha value is -4.03. The maximum absolute atomic E-state index is 13.8. The molecular weight excluding hydrogens is 504 g/mol. The monoisotopic (exact) mass is 534 g/mol. The summed E-state index contributed by atoms with van der Waals surface area (Å²) in [4.78, 5) is 32.1. The van der Waals surface area contributed by atoms with Gasteiger partial charge < -0.3 is 9.80 Å². The Morgan fingerprint density at radius 1 is 0.769 bits per heavy atom. The summed E-state index contributed by atoms with van der Waals surface area (Å²) < 4.78 is 13.7. The average Bonchev–Trinajstić information content (AvgIpc) is 3.07. The molecule has 6 rings (SSSR count). The minimum atomic E-state index is -1.54. The number of fused-ring (bicyclic) bond motifs is 2. The van der Waals surface area contributed by atoms with E-state index in [4.69, 9.17) is 0 Å². The van der Waals surface area contributed by atoms with Crippen LogP contribution in [0.2, 0.25) is 0 Å². The highest BCUT2D eigenvalue weighted by Gasteiger charge is 2.32. The van der Waals surface area contributed by atoms with E-state index in [0.29, 0.717) is 52.2 Å². The molecule has 1 saturated heterocycles. The second-order valence-corrected chi connectivity index (χ2v) is 11.7. The lowest BCUT2D eigenvalue weighted by Gasteiger charge is -2.32. The number of carbonyl (C=O) groups is 2. The van der Waals surface area contributed by atoms with Gasteiger partial charge in [-0.2, -0.15) is 0 Å². The number of piperidine rings is 1. The number of anilines is 1. The van der Waals surface area contributed by atoms with E-state index in [1.807, 2.05) is 41.3 Å². The number of hydrogen-bond donors (Lipinski definition) is 0. The number of carbonyl (C=O) groups excluding carboxylic acids is 2. The minimum Gasteiger partial charge on any atom is -0.339 e. The van der Waals surface area contributed by atoms with Crippen molar-refractivity contribution in [2.75, 3.05) is 18.0 Å². The van der Waals surface area contributed by atoms with Gasteiger partial charge in [0, 0.05) is 18.7 Å². The second kappa shape index (κ2) is 11.0. The van der Waals surface area contributed by atoms with Gasteiger partial charge >= 0.3 is 0 Å². The van der Waals surface area contributed by atoms with E-state index in [1.54, 1.807) is 47.4 Å². The molecule has 0 saturated carbocycles. The first-order valence-corrected chi connectivity index (χ1v) is 14.6. The van der Waals surface area contributed by atoms with E-state index in [0.717, 1.165) is 24.8 Å². The van der Waals surface area contributed by atoms with Crippen LogP contribution in [0.3, 0.4) is 0 Å². The normalized spacial score (nSPS) is 17.3. The first-order chi connectivity index (χ1) is 19.1. The molecule has 39 heavy (non-hydrogen) atoms. The number of hydrogen-bond acceptors (Lipinski definition) is 3. The largest absolute Gasteiger partial charge is 0.339 e. The molecule has 1 atom stereocenters. The zero-order valence-corrected chi connectivity index (χ0v) is 22.5. The lowest BCUT2D eigenvalue weighted by molar-refractivity contribution is 0.0690. The van der Waals surface area contributed by atoms with E-state index in [2.05, 4.69) is 24.3 Å². The van der Waals surface area contributed by atoms with Crippen molar-refractivity contribution in [3.8, 4) is 0 Å². The van der Waals surface area contributed by atoms with Gasteiger partial charge in [-0.05, 0) is 66.6 Å². The molecule has 5 nitrogen and oxygen atoms in total. The van der Waals surface area contributed by atoms with Crippen LogP contribution in [0.25, 0.3) is 0 Å². The molecular formula is C33H30N2O3S. The summed E-state index contributed by atoms with van der Waals surface area (Å²) in [6.07, 6.45) is 2.96. The Kier molecular flexibility index (Phi) is 7.12. The van der Waals surface area contributed by atoms with Crippen LogP contribution in [0, 0.1) is 5.92 Å². The fraction of sp³-hybridized carbons (Fsp3) is 0.212. The van der Waals surface area contributed by atoms with E-state index in [9.17, 15) is 13.8 Å². The third-order valence-corrected chi connectivity index (χ3v) is 9.21. The summed E-state index contributed by atoms with van der Waals surface area (Å²) >= 11 is 0. The predicted molar refractivity (Wildman–Crippen MR) is 153 cm³/mol. The molecule has 2 heterocycles. The zero-order valence-electron chi connectivity index (χ0n) is 21.7. The topological polar surface area (TPSA) is 57.7 Å². The van der Waals surface area contributed by atoms with E-state index >= 15 is 0 Å². The summed E-state index contributed by atoms with van der Waals surface area (Å²) in [6.45, 7) is 1.73. The van der Waals surface area contributed by atoms with Crippen LogP contribution in [-0.4, -0.2) is 34.0 Å². The van der Waals surface area contributed by atoms with Crippen molar-refractivity contribution in [2.45, 2.75) is 35.6 Å². The summed E-state index contributed by atoms with van der Waals surface area (Å²) in [6, 6.07) is 32.6. The molecule has 4 aromatic rings. The highest BCUT2D eigenvalue weighted by atomic mass is 32.2. The van der Waals surface area contributed by atoms with Gasteiger partial charge in [-0.25, -0.2) is 4.21 Å². The summed E-state index contributed by atoms with van der Waals surface area (Å²) in [7, 11) is -1.54. The van der Waals surface area contributed by atoms with Gasteiger partial charge in [0.05, 0.1) is 38.4 Å². The van der Waals surface area contributed by atoms with Gasteiger partial charge in [-0.1, -0.05) is 72.8 Å². The third-order valence-electron chi connectivity index (χ3n) is 7.71. The molecule has 2 amide bonds. The quantitative estimate of drug-likeness (QED) is 0.311. The van der Waals surface area contributed by atoms with Crippen LogP contribution >= 0.6 is 0 Å². The smallest absolute Gasteiger partial charge is 0.259 e. The molecule has 1 fully saturated rings. The van der Waals surface area contributed by atoms with Gasteiger partial charge in [0.25, 0.3) is 11.8 Å². The molecule has 6 heteroatoms. The summed E-state index contributed by atoms with van der Waals surface area (Å²) in [5.41, 5.74) is 3.77. The maximum Gasteiger partial charge on any atom is 0.259 e. The maximum atomic E-state index is 13.8. The van der Waals surface area contributed by atoms with E-state index < -0.39 is 10.8 Å². The molecule has 2 aliphatic heterocycles. The van der Waals surface area contributed by atoms with Gasteiger partial charge in [0.2, 0.25) is 0 Å². The van der Waals surface area contributed by atoms with Gasteiger partial charge in [-0.15, -0.1) is 0 Å². The van der Waals surface area contributed by atoms with Crippen LogP contribution in [0.5, 0.6) is 0 Å². The Morgan fingerprint density at radius 3 is 2.13 bits per heavy atom. The lowest BCUT2D eigenvalue weighted by atomic mass is 9.90. The van der Waals surface area contributed by atoms with Crippen molar-refractivity contribution in [3.05, 3.63) is 125 Å². The van der Waals surface area contributed by atoms with E-state index in [-0.39, 0.29) is 11.8 Å². The van der Waals surface area contributed by atoms with Crippen molar-refractivity contribution in [3.63, 3.8) is 0 Å². The molecule has 0 aromatic heterocycles. The first kappa shape index (κ1) is 25.3. The zero-order chi connectivity index (χ0) is 26.8. The van der Waals surface area contributed by atoms with Crippen LogP contribution in [0.4, 0.5) is 5.69 Å². The second-order valence-electron chi connectivity index (χ2n) is 10.2. The molecule has 2 aliphatic rings. The number of amides is 2. The highest BCUT2D eigenvalue weighted by Crippen LogP contribution is 2.36. The first-order valence-electron chi connectivity index (χ1n) is 13.4. The fourth-order valence-corrected chi connectivity index (χ4v) is 6.93. The van der Waals surface area contributed by atoms with E-state index in [1.165, 1.54) is 5.56 Å². The van der Waals surface area contributed by atoms with Gasteiger partial charge in [0.1, 0.15) is 0 Å². The lowest BCUT2D eigenvalue weighted by Crippen LogP contribution is -2.39. The molecule has 0 bridgehead atoms. The Morgan fingerprint density at radius 2 is 1.41 bits per heavy atom. The van der Waals surface area contributed by atoms with Gasteiger partial charge in [-0.3, -0.25) is 9.59 Å². The summed E-state index contributed by atoms with van der Waals surface area (Å²) in [5.74, 6) is 0.298. The van der Waals surface area contributed by atoms with Crippen molar-refractivity contribution >= 4 is 28.3 Å². The van der Waals surface area contributed by atoms with Crippen molar-refractivity contribution in [1.29, 1.82) is 0 Å². The molecule has 0 aliphatic carbocycles. The SMILES string of the molecule is O=C(c1ccc2c(c1)N(Cc1ccccc1)C(=O)c1ccccc1S2=O)N1CCC(Cc2ccccc2)CC1.